The van der Waals surface area contributed by atoms with Crippen molar-refractivity contribution in [1.29, 1.82) is 0 Å². The van der Waals surface area contributed by atoms with Crippen LogP contribution in [0.1, 0.15) is 41.2 Å². The second kappa shape index (κ2) is 8.73. The van der Waals surface area contributed by atoms with Crippen LogP contribution in [-0.2, 0) is 13.6 Å². The van der Waals surface area contributed by atoms with Gasteiger partial charge in [0.2, 0.25) is 0 Å². The summed E-state index contributed by atoms with van der Waals surface area (Å²) in [6.07, 6.45) is 2.00. The summed E-state index contributed by atoms with van der Waals surface area (Å²) < 4.78 is 3.71. The van der Waals surface area contributed by atoms with Crippen LogP contribution in [0.3, 0.4) is 0 Å². The fourth-order valence-corrected chi connectivity index (χ4v) is 4.06. The lowest BCUT2D eigenvalue weighted by atomic mass is 10.1. The lowest BCUT2D eigenvalue weighted by Crippen LogP contribution is -2.31. The fraction of sp³-hybridized carbons (Fsp3) is 0.350. The molecule has 0 radical (unpaired) electrons. The van der Waals surface area contributed by atoms with E-state index in [1.165, 1.54) is 0 Å². The Hall–Kier alpha value is -2.09. The van der Waals surface area contributed by atoms with Crippen molar-refractivity contribution in [1.82, 2.24) is 24.9 Å². The molecule has 154 valence electrons. The summed E-state index contributed by atoms with van der Waals surface area (Å²) in [4.78, 5) is 0. The normalized spacial score (nSPS) is 12.1. The van der Waals surface area contributed by atoms with Crippen LogP contribution in [0.5, 0.6) is 0 Å². The third-order valence-electron chi connectivity index (χ3n) is 4.82. The van der Waals surface area contributed by atoms with Gasteiger partial charge in [-0.15, -0.1) is 0 Å². The third-order valence-corrected chi connectivity index (χ3v) is 5.63. The molecule has 0 aliphatic carbocycles. The molecule has 1 unspecified atom stereocenters. The molecule has 0 bridgehead atoms. The Bertz CT molecular complexity index is 1060. The topological polar surface area (TPSA) is 59.7 Å². The SMILES string of the molecule is Cc1nn(C)cc1C(C)NC(=S)Nc1c(C)nn(Cc2ccc(Cl)cc2Cl)c1C. The van der Waals surface area contributed by atoms with Crippen molar-refractivity contribution >= 4 is 46.2 Å². The summed E-state index contributed by atoms with van der Waals surface area (Å²) >= 11 is 17.8. The Morgan fingerprint density at radius 2 is 1.90 bits per heavy atom. The first-order valence-electron chi connectivity index (χ1n) is 9.21. The van der Waals surface area contributed by atoms with Gasteiger partial charge in [0.25, 0.3) is 0 Å². The van der Waals surface area contributed by atoms with E-state index < -0.39 is 0 Å². The van der Waals surface area contributed by atoms with Gasteiger partial charge in [-0.25, -0.2) is 0 Å². The van der Waals surface area contributed by atoms with Gasteiger partial charge in [-0.1, -0.05) is 29.3 Å². The largest absolute Gasteiger partial charge is 0.356 e. The maximum atomic E-state index is 6.31. The molecule has 0 saturated heterocycles. The molecule has 0 saturated carbocycles. The van der Waals surface area contributed by atoms with Crippen LogP contribution in [0, 0.1) is 20.8 Å². The van der Waals surface area contributed by atoms with Gasteiger partial charge in [-0.05, 0) is 57.6 Å². The lowest BCUT2D eigenvalue weighted by Gasteiger charge is -2.17. The van der Waals surface area contributed by atoms with E-state index in [9.17, 15) is 0 Å². The van der Waals surface area contributed by atoms with Gasteiger partial charge >= 0.3 is 0 Å². The molecule has 1 aromatic carbocycles. The predicted molar refractivity (Wildman–Crippen MR) is 123 cm³/mol. The number of thiocarbonyl (C=S) groups is 1. The van der Waals surface area contributed by atoms with E-state index >= 15 is 0 Å². The lowest BCUT2D eigenvalue weighted by molar-refractivity contribution is 0.659. The molecular formula is C20H24Cl2N6S. The average molecular weight is 451 g/mol. The molecule has 0 aliphatic heterocycles. The Labute approximate surface area is 186 Å². The van der Waals surface area contributed by atoms with Gasteiger partial charge in [0.1, 0.15) is 0 Å². The van der Waals surface area contributed by atoms with Gasteiger partial charge in [0.05, 0.1) is 35.4 Å². The van der Waals surface area contributed by atoms with Gasteiger partial charge in [-0.2, -0.15) is 10.2 Å². The first kappa shape index (κ1) is 21.6. The van der Waals surface area contributed by atoms with Gasteiger partial charge in [0.15, 0.2) is 5.11 Å². The number of aromatic nitrogens is 4. The van der Waals surface area contributed by atoms with Crippen molar-refractivity contribution in [3.63, 3.8) is 0 Å². The highest BCUT2D eigenvalue weighted by molar-refractivity contribution is 7.80. The molecule has 9 heteroatoms. The van der Waals surface area contributed by atoms with Crippen molar-refractivity contribution in [2.75, 3.05) is 5.32 Å². The van der Waals surface area contributed by atoms with E-state index in [-0.39, 0.29) is 6.04 Å². The zero-order chi connectivity index (χ0) is 21.3. The molecule has 3 rings (SSSR count). The Morgan fingerprint density at radius 3 is 2.52 bits per heavy atom. The van der Waals surface area contributed by atoms with Gasteiger partial charge in [0, 0.05) is 28.9 Å². The van der Waals surface area contributed by atoms with E-state index in [0.717, 1.165) is 33.9 Å². The average Bonchev–Trinajstić information content (AvgIpc) is 3.10. The summed E-state index contributed by atoms with van der Waals surface area (Å²) in [5, 5.41) is 17.4. The molecule has 0 spiro atoms. The van der Waals surface area contributed by atoms with Crippen molar-refractivity contribution in [3.8, 4) is 0 Å². The van der Waals surface area contributed by atoms with E-state index in [4.69, 9.17) is 35.4 Å². The quantitative estimate of drug-likeness (QED) is 0.538. The minimum Gasteiger partial charge on any atom is -0.356 e. The Morgan fingerprint density at radius 1 is 1.17 bits per heavy atom. The number of nitrogens with one attached hydrogen (secondary N) is 2. The van der Waals surface area contributed by atoms with Crippen LogP contribution in [0.15, 0.2) is 24.4 Å². The molecule has 1 atom stereocenters. The molecule has 2 N–H and O–H groups in total. The minimum atomic E-state index is 0.0345. The highest BCUT2D eigenvalue weighted by Gasteiger charge is 2.17. The number of benzene rings is 1. The summed E-state index contributed by atoms with van der Waals surface area (Å²) in [6.45, 7) is 8.56. The van der Waals surface area contributed by atoms with Crippen LogP contribution in [-0.4, -0.2) is 24.7 Å². The first-order chi connectivity index (χ1) is 13.7. The predicted octanol–water partition coefficient (Wildman–Crippen LogP) is 4.94. The molecule has 3 aromatic rings. The Kier molecular flexibility index (Phi) is 6.51. The molecule has 0 fully saturated rings. The van der Waals surface area contributed by atoms with E-state index in [1.807, 2.05) is 50.8 Å². The molecule has 29 heavy (non-hydrogen) atoms. The summed E-state index contributed by atoms with van der Waals surface area (Å²) in [5.41, 5.74) is 5.77. The second-order valence-electron chi connectivity index (χ2n) is 7.10. The van der Waals surface area contributed by atoms with E-state index in [1.54, 1.807) is 10.7 Å². The third kappa shape index (κ3) is 4.91. The zero-order valence-corrected chi connectivity index (χ0v) is 19.4. The molecule has 6 nitrogen and oxygen atoms in total. The summed E-state index contributed by atoms with van der Waals surface area (Å²) in [6, 6.07) is 5.52. The molecule has 0 aliphatic rings. The number of anilines is 1. The number of aryl methyl sites for hydroxylation is 3. The minimum absolute atomic E-state index is 0.0345. The maximum Gasteiger partial charge on any atom is 0.171 e. The van der Waals surface area contributed by atoms with Crippen molar-refractivity contribution in [2.24, 2.45) is 7.05 Å². The molecule has 2 aromatic heterocycles. The van der Waals surface area contributed by atoms with Crippen LogP contribution < -0.4 is 10.6 Å². The molecule has 2 heterocycles. The van der Waals surface area contributed by atoms with Gasteiger partial charge < -0.3 is 10.6 Å². The van der Waals surface area contributed by atoms with Crippen molar-refractivity contribution < 1.29 is 0 Å². The number of rotatable bonds is 5. The van der Waals surface area contributed by atoms with Gasteiger partial charge in [-0.3, -0.25) is 9.36 Å². The van der Waals surface area contributed by atoms with Crippen LogP contribution in [0.25, 0.3) is 0 Å². The molecule has 0 amide bonds. The maximum absolute atomic E-state index is 6.31. The standard InChI is InChI=1S/C20H24Cl2N6S/c1-11(17-10-27(5)25-12(17)2)23-20(29)24-19-13(3)26-28(14(19)4)9-15-6-7-16(21)8-18(15)22/h6-8,10-11H,9H2,1-5H3,(H2,23,24,29). The highest BCUT2D eigenvalue weighted by Crippen LogP contribution is 2.25. The molecular weight excluding hydrogens is 427 g/mol. The summed E-state index contributed by atoms with van der Waals surface area (Å²) in [7, 11) is 1.91. The number of hydrogen-bond donors (Lipinski definition) is 2. The monoisotopic (exact) mass is 450 g/mol. The zero-order valence-electron chi connectivity index (χ0n) is 17.0. The highest BCUT2D eigenvalue weighted by atomic mass is 35.5. The van der Waals surface area contributed by atoms with Crippen LogP contribution in [0.4, 0.5) is 5.69 Å². The van der Waals surface area contributed by atoms with Crippen molar-refractivity contribution in [2.45, 2.75) is 40.3 Å². The van der Waals surface area contributed by atoms with Crippen molar-refractivity contribution in [3.05, 3.63) is 62.6 Å². The van der Waals surface area contributed by atoms with E-state index in [0.29, 0.717) is 21.7 Å². The fourth-order valence-electron chi connectivity index (χ4n) is 3.31. The smallest absolute Gasteiger partial charge is 0.171 e. The van der Waals surface area contributed by atoms with E-state index in [2.05, 4.69) is 27.8 Å². The van der Waals surface area contributed by atoms with Crippen LogP contribution in [0.2, 0.25) is 10.0 Å². The Balaban J connectivity index is 1.72. The number of nitrogens with zero attached hydrogens (tertiary/aromatic N) is 4. The second-order valence-corrected chi connectivity index (χ2v) is 8.35. The summed E-state index contributed by atoms with van der Waals surface area (Å²) in [5.74, 6) is 0. The number of hydrogen-bond acceptors (Lipinski definition) is 3. The number of halogens is 2. The first-order valence-corrected chi connectivity index (χ1v) is 10.4. The van der Waals surface area contributed by atoms with Crippen LogP contribution >= 0.6 is 35.4 Å².